The molecule has 0 fully saturated rings. The van der Waals surface area contributed by atoms with Crippen LogP contribution in [0.1, 0.15) is 0 Å². The summed E-state index contributed by atoms with van der Waals surface area (Å²) in [5, 5.41) is 1.39. The lowest BCUT2D eigenvalue weighted by molar-refractivity contribution is 1.19. The van der Waals surface area contributed by atoms with E-state index in [9.17, 15) is 0 Å². The van der Waals surface area contributed by atoms with Gasteiger partial charge in [0.05, 0.1) is 10.7 Å². The molecule has 0 radical (unpaired) electrons. The van der Waals surface area contributed by atoms with Crippen LogP contribution in [0, 0.1) is 0 Å². The molecule has 17 heavy (non-hydrogen) atoms. The third kappa shape index (κ3) is 2.02. The number of hydrogen-bond acceptors (Lipinski definition) is 1. The summed E-state index contributed by atoms with van der Waals surface area (Å²) in [7, 11) is 0. The summed E-state index contributed by atoms with van der Waals surface area (Å²) in [6, 6.07) is 11.3. The van der Waals surface area contributed by atoms with E-state index >= 15 is 0 Å². The molecule has 0 atom stereocenters. The minimum absolute atomic E-state index is 0.688. The van der Waals surface area contributed by atoms with Crippen molar-refractivity contribution in [1.82, 2.24) is 9.38 Å². The van der Waals surface area contributed by atoms with Gasteiger partial charge in [-0.25, -0.2) is 4.98 Å². The average molecular weight is 263 g/mol. The Hall–Kier alpha value is -1.51. The van der Waals surface area contributed by atoms with Crippen molar-refractivity contribution in [2.45, 2.75) is 0 Å². The van der Waals surface area contributed by atoms with Gasteiger partial charge < -0.3 is 4.40 Å². The Morgan fingerprint density at radius 1 is 0.941 bits per heavy atom. The number of pyridine rings is 1. The van der Waals surface area contributed by atoms with Crippen LogP contribution in [0.25, 0.3) is 16.9 Å². The van der Waals surface area contributed by atoms with E-state index in [1.165, 1.54) is 0 Å². The molecule has 0 bridgehead atoms. The Labute approximate surface area is 108 Å². The zero-order chi connectivity index (χ0) is 11.8. The van der Waals surface area contributed by atoms with Crippen LogP contribution in [-0.4, -0.2) is 9.38 Å². The van der Waals surface area contributed by atoms with Crippen LogP contribution in [0.4, 0.5) is 0 Å². The number of halogens is 2. The number of nitrogens with zero attached hydrogens (tertiary/aromatic N) is 2. The van der Waals surface area contributed by atoms with E-state index in [1.807, 2.05) is 53.2 Å². The highest BCUT2D eigenvalue weighted by Gasteiger charge is 2.04. The molecule has 0 amide bonds. The van der Waals surface area contributed by atoms with Crippen molar-refractivity contribution in [3.8, 4) is 11.3 Å². The first-order valence-electron chi connectivity index (χ1n) is 5.12. The molecule has 0 spiro atoms. The van der Waals surface area contributed by atoms with Gasteiger partial charge in [0.2, 0.25) is 0 Å². The van der Waals surface area contributed by atoms with Crippen molar-refractivity contribution in [3.05, 3.63) is 58.8 Å². The zero-order valence-corrected chi connectivity index (χ0v) is 10.3. The van der Waals surface area contributed by atoms with Gasteiger partial charge in [-0.15, -0.1) is 0 Å². The van der Waals surface area contributed by atoms with Gasteiger partial charge in [-0.3, -0.25) is 0 Å². The maximum Gasteiger partial charge on any atom is 0.137 e. The summed E-state index contributed by atoms with van der Waals surface area (Å²) in [6.45, 7) is 0. The molecule has 0 aliphatic carbocycles. The average Bonchev–Trinajstić information content (AvgIpc) is 2.72. The topological polar surface area (TPSA) is 17.3 Å². The summed E-state index contributed by atoms with van der Waals surface area (Å²) >= 11 is 11.9. The molecule has 3 rings (SSSR count). The first-order valence-corrected chi connectivity index (χ1v) is 5.88. The Morgan fingerprint density at radius 2 is 1.82 bits per heavy atom. The Kier molecular flexibility index (Phi) is 2.54. The third-order valence-corrected chi connectivity index (χ3v) is 2.99. The fourth-order valence-electron chi connectivity index (χ4n) is 1.75. The van der Waals surface area contributed by atoms with Gasteiger partial charge in [0, 0.05) is 23.0 Å². The molecule has 0 unspecified atom stereocenters. The molecule has 0 saturated heterocycles. The van der Waals surface area contributed by atoms with Gasteiger partial charge in [-0.1, -0.05) is 35.3 Å². The normalized spacial score (nSPS) is 10.9. The largest absolute Gasteiger partial charge is 0.305 e. The molecule has 4 heteroatoms. The van der Waals surface area contributed by atoms with Crippen molar-refractivity contribution in [2.75, 3.05) is 0 Å². The van der Waals surface area contributed by atoms with E-state index in [0.717, 1.165) is 16.9 Å². The van der Waals surface area contributed by atoms with Gasteiger partial charge in [-0.2, -0.15) is 0 Å². The quantitative estimate of drug-likeness (QED) is 0.639. The van der Waals surface area contributed by atoms with Crippen LogP contribution in [0.5, 0.6) is 0 Å². The number of hydrogen-bond donors (Lipinski definition) is 0. The zero-order valence-electron chi connectivity index (χ0n) is 8.77. The molecule has 84 valence electrons. The van der Waals surface area contributed by atoms with Gasteiger partial charge in [0.25, 0.3) is 0 Å². The van der Waals surface area contributed by atoms with Gasteiger partial charge >= 0.3 is 0 Å². The van der Waals surface area contributed by atoms with Gasteiger partial charge in [-0.05, 0) is 24.3 Å². The highest BCUT2D eigenvalue weighted by molar-refractivity contribution is 6.31. The molecule has 2 heterocycles. The number of imidazole rings is 1. The monoisotopic (exact) mass is 262 g/mol. The summed E-state index contributed by atoms with van der Waals surface area (Å²) in [5.74, 6) is 0. The molecular weight excluding hydrogens is 255 g/mol. The highest BCUT2D eigenvalue weighted by Crippen LogP contribution is 2.23. The minimum Gasteiger partial charge on any atom is -0.305 e. The molecule has 0 aliphatic heterocycles. The van der Waals surface area contributed by atoms with Crippen LogP contribution in [0.2, 0.25) is 10.0 Å². The van der Waals surface area contributed by atoms with Crippen molar-refractivity contribution in [3.63, 3.8) is 0 Å². The van der Waals surface area contributed by atoms with Crippen LogP contribution in [0.3, 0.4) is 0 Å². The standard InChI is InChI=1S/C13H8Cl2N2/c14-10-3-1-2-9(6-10)12-8-17-7-11(15)4-5-13(17)16-12/h1-8H. The number of rotatable bonds is 1. The molecule has 2 nitrogen and oxygen atoms in total. The second-order valence-electron chi connectivity index (χ2n) is 3.75. The van der Waals surface area contributed by atoms with Crippen LogP contribution in [0.15, 0.2) is 48.8 Å². The molecule has 1 aromatic carbocycles. The summed E-state index contributed by atoms with van der Waals surface area (Å²) in [4.78, 5) is 4.51. The Morgan fingerprint density at radius 3 is 2.65 bits per heavy atom. The summed E-state index contributed by atoms with van der Waals surface area (Å²) < 4.78 is 1.90. The van der Waals surface area contributed by atoms with Crippen molar-refractivity contribution >= 4 is 28.8 Å². The molecular formula is C13H8Cl2N2. The molecule has 2 aromatic heterocycles. The van der Waals surface area contributed by atoms with E-state index in [4.69, 9.17) is 23.2 Å². The van der Waals surface area contributed by atoms with Crippen molar-refractivity contribution < 1.29 is 0 Å². The minimum atomic E-state index is 0.688. The number of benzene rings is 1. The fraction of sp³-hybridized carbons (Fsp3) is 0. The summed E-state index contributed by atoms with van der Waals surface area (Å²) in [5.41, 5.74) is 2.75. The van der Waals surface area contributed by atoms with E-state index in [2.05, 4.69) is 4.98 Å². The maximum absolute atomic E-state index is 5.96. The molecule has 0 aliphatic rings. The lowest BCUT2D eigenvalue weighted by Crippen LogP contribution is -1.79. The van der Waals surface area contributed by atoms with E-state index in [1.54, 1.807) is 0 Å². The SMILES string of the molecule is Clc1cccc(-c2cn3cc(Cl)ccc3n2)c1. The molecule has 3 aromatic rings. The van der Waals surface area contributed by atoms with Crippen molar-refractivity contribution in [1.29, 1.82) is 0 Å². The molecule has 0 N–H and O–H groups in total. The van der Waals surface area contributed by atoms with Crippen LogP contribution < -0.4 is 0 Å². The smallest absolute Gasteiger partial charge is 0.137 e. The lowest BCUT2D eigenvalue weighted by atomic mass is 10.2. The van der Waals surface area contributed by atoms with Crippen LogP contribution in [-0.2, 0) is 0 Å². The fourth-order valence-corrected chi connectivity index (χ4v) is 2.11. The Bertz CT molecular complexity index is 689. The number of fused-ring (bicyclic) bond motifs is 1. The first kappa shape index (κ1) is 10.6. The predicted molar refractivity (Wildman–Crippen MR) is 70.6 cm³/mol. The third-order valence-electron chi connectivity index (χ3n) is 2.54. The van der Waals surface area contributed by atoms with Crippen molar-refractivity contribution in [2.24, 2.45) is 0 Å². The van der Waals surface area contributed by atoms with E-state index < -0.39 is 0 Å². The number of aromatic nitrogens is 2. The second-order valence-corrected chi connectivity index (χ2v) is 4.62. The summed E-state index contributed by atoms with van der Waals surface area (Å²) in [6.07, 6.45) is 3.77. The maximum atomic E-state index is 5.96. The lowest BCUT2D eigenvalue weighted by Gasteiger charge is -1.95. The first-order chi connectivity index (χ1) is 8.22. The highest BCUT2D eigenvalue weighted by atomic mass is 35.5. The predicted octanol–water partition coefficient (Wildman–Crippen LogP) is 4.31. The van der Waals surface area contributed by atoms with E-state index in [0.29, 0.717) is 10.0 Å². The van der Waals surface area contributed by atoms with Gasteiger partial charge in [0.1, 0.15) is 5.65 Å². The van der Waals surface area contributed by atoms with Crippen LogP contribution >= 0.6 is 23.2 Å². The molecule has 0 saturated carbocycles. The second kappa shape index (κ2) is 4.06. The van der Waals surface area contributed by atoms with Gasteiger partial charge in [0.15, 0.2) is 0 Å². The Balaban J connectivity index is 2.18. The van der Waals surface area contributed by atoms with E-state index in [-0.39, 0.29) is 0 Å².